The predicted octanol–water partition coefficient (Wildman–Crippen LogP) is 2.82. The van der Waals surface area contributed by atoms with Crippen LogP contribution in [0.25, 0.3) is 0 Å². The lowest BCUT2D eigenvalue weighted by atomic mass is 10.1. The predicted molar refractivity (Wildman–Crippen MR) is 73.7 cm³/mol. The third kappa shape index (κ3) is 7.54. The van der Waals surface area contributed by atoms with Gasteiger partial charge in [-0.25, -0.2) is 4.79 Å². The van der Waals surface area contributed by atoms with Crippen molar-refractivity contribution in [2.24, 2.45) is 0 Å². The van der Waals surface area contributed by atoms with Crippen LogP contribution in [0.2, 0.25) is 0 Å². The van der Waals surface area contributed by atoms with Crippen LogP contribution in [-0.4, -0.2) is 30.8 Å². The molecule has 0 aromatic rings. The van der Waals surface area contributed by atoms with Gasteiger partial charge in [-0.1, -0.05) is 25.7 Å². The minimum atomic E-state index is -0.418. The Morgan fingerprint density at radius 3 is 2.28 bits per heavy atom. The topological polar surface area (TPSA) is 50.4 Å². The Hall–Kier alpha value is -0.770. The van der Waals surface area contributed by atoms with Crippen LogP contribution >= 0.6 is 0 Å². The van der Waals surface area contributed by atoms with Crippen molar-refractivity contribution in [3.63, 3.8) is 0 Å². The molecule has 1 rings (SSSR count). The molecule has 1 saturated carbocycles. The monoisotopic (exact) mass is 256 g/mol. The maximum Gasteiger partial charge on any atom is 0.407 e. The fourth-order valence-corrected chi connectivity index (χ4v) is 2.24. The molecule has 1 aliphatic carbocycles. The van der Waals surface area contributed by atoms with Crippen molar-refractivity contribution < 1.29 is 9.53 Å². The first-order valence-corrected chi connectivity index (χ1v) is 7.17. The van der Waals surface area contributed by atoms with Crippen molar-refractivity contribution in [3.8, 4) is 0 Å². The Bertz CT molecular complexity index is 241. The highest BCUT2D eigenvalue weighted by atomic mass is 16.6. The molecule has 0 aliphatic heterocycles. The number of carbonyl (C=O) groups is 1. The summed E-state index contributed by atoms with van der Waals surface area (Å²) in [4.78, 5) is 11.4. The van der Waals surface area contributed by atoms with Gasteiger partial charge < -0.3 is 15.4 Å². The Kier molecular flexibility index (Phi) is 6.47. The smallest absolute Gasteiger partial charge is 0.407 e. The fraction of sp³-hybridized carbons (Fsp3) is 0.929. The van der Waals surface area contributed by atoms with Gasteiger partial charge in [0.05, 0.1) is 0 Å². The first-order chi connectivity index (χ1) is 8.47. The summed E-state index contributed by atoms with van der Waals surface area (Å²) in [7, 11) is 0. The standard InChI is InChI=1S/C14H28N2O2/c1-14(2,3)18-13(17)16-11-10-15-12-8-6-4-5-7-9-12/h12,15H,4-11H2,1-3H3,(H,16,17). The number of ether oxygens (including phenoxy) is 1. The van der Waals surface area contributed by atoms with Crippen LogP contribution in [0.3, 0.4) is 0 Å². The summed E-state index contributed by atoms with van der Waals surface area (Å²) in [5, 5.41) is 6.28. The van der Waals surface area contributed by atoms with Crippen molar-refractivity contribution in [3.05, 3.63) is 0 Å². The van der Waals surface area contributed by atoms with Gasteiger partial charge in [0.2, 0.25) is 0 Å². The number of alkyl carbamates (subject to hydrolysis) is 1. The van der Waals surface area contributed by atoms with E-state index < -0.39 is 5.60 Å². The molecule has 0 heterocycles. The molecule has 1 amide bonds. The third-order valence-corrected chi connectivity index (χ3v) is 3.08. The summed E-state index contributed by atoms with van der Waals surface area (Å²) in [5.74, 6) is 0. The zero-order chi connectivity index (χ0) is 13.4. The minimum absolute atomic E-state index is 0.329. The molecule has 0 saturated heterocycles. The molecule has 106 valence electrons. The molecule has 0 aromatic carbocycles. The summed E-state index contributed by atoms with van der Waals surface area (Å²) in [5.41, 5.74) is -0.418. The molecule has 0 unspecified atom stereocenters. The van der Waals surface area contributed by atoms with Crippen molar-refractivity contribution in [1.82, 2.24) is 10.6 Å². The van der Waals surface area contributed by atoms with E-state index in [1.54, 1.807) is 0 Å². The average molecular weight is 256 g/mol. The Balaban J connectivity index is 2.05. The number of hydrogen-bond donors (Lipinski definition) is 2. The van der Waals surface area contributed by atoms with Gasteiger partial charge >= 0.3 is 6.09 Å². The second-order valence-corrected chi connectivity index (χ2v) is 6.07. The maximum absolute atomic E-state index is 11.4. The lowest BCUT2D eigenvalue weighted by molar-refractivity contribution is 0.0528. The highest BCUT2D eigenvalue weighted by Crippen LogP contribution is 2.16. The molecule has 18 heavy (non-hydrogen) atoms. The van der Waals surface area contributed by atoms with Crippen LogP contribution in [0.15, 0.2) is 0 Å². The largest absolute Gasteiger partial charge is 0.444 e. The highest BCUT2D eigenvalue weighted by Gasteiger charge is 2.15. The molecular formula is C14H28N2O2. The molecule has 4 nitrogen and oxygen atoms in total. The number of nitrogens with one attached hydrogen (secondary N) is 2. The summed E-state index contributed by atoms with van der Waals surface area (Å²) >= 11 is 0. The Morgan fingerprint density at radius 2 is 1.72 bits per heavy atom. The van der Waals surface area contributed by atoms with Gasteiger partial charge in [0, 0.05) is 19.1 Å². The number of hydrogen-bond acceptors (Lipinski definition) is 3. The fourth-order valence-electron chi connectivity index (χ4n) is 2.24. The van der Waals surface area contributed by atoms with Crippen molar-refractivity contribution in [2.75, 3.05) is 13.1 Å². The van der Waals surface area contributed by atoms with E-state index in [1.165, 1.54) is 38.5 Å². The van der Waals surface area contributed by atoms with Gasteiger partial charge in [-0.05, 0) is 33.6 Å². The lowest BCUT2D eigenvalue weighted by Crippen LogP contribution is -2.39. The van der Waals surface area contributed by atoms with Gasteiger partial charge in [0.15, 0.2) is 0 Å². The van der Waals surface area contributed by atoms with Crippen molar-refractivity contribution in [2.45, 2.75) is 70.9 Å². The molecule has 0 radical (unpaired) electrons. The first kappa shape index (κ1) is 15.3. The van der Waals surface area contributed by atoms with E-state index in [2.05, 4.69) is 10.6 Å². The lowest BCUT2D eigenvalue weighted by Gasteiger charge is -2.20. The Morgan fingerprint density at radius 1 is 1.11 bits per heavy atom. The second kappa shape index (κ2) is 7.62. The van der Waals surface area contributed by atoms with E-state index in [0.29, 0.717) is 12.6 Å². The number of amides is 1. The van der Waals surface area contributed by atoms with Gasteiger partial charge in [0.1, 0.15) is 5.60 Å². The Labute approximate surface area is 111 Å². The van der Waals surface area contributed by atoms with E-state index in [0.717, 1.165) is 6.54 Å². The van der Waals surface area contributed by atoms with Crippen LogP contribution in [0.4, 0.5) is 4.79 Å². The minimum Gasteiger partial charge on any atom is -0.444 e. The van der Waals surface area contributed by atoms with Crippen molar-refractivity contribution >= 4 is 6.09 Å². The molecule has 0 aromatic heterocycles. The molecule has 2 N–H and O–H groups in total. The van der Waals surface area contributed by atoms with E-state index >= 15 is 0 Å². The zero-order valence-electron chi connectivity index (χ0n) is 12.1. The first-order valence-electron chi connectivity index (χ1n) is 7.17. The summed E-state index contributed by atoms with van der Waals surface area (Å²) in [6, 6.07) is 0.632. The second-order valence-electron chi connectivity index (χ2n) is 6.07. The van der Waals surface area contributed by atoms with Crippen LogP contribution in [0.5, 0.6) is 0 Å². The zero-order valence-corrected chi connectivity index (χ0v) is 12.1. The molecule has 1 fully saturated rings. The SMILES string of the molecule is CC(C)(C)OC(=O)NCCNC1CCCCCC1. The molecule has 1 aliphatic rings. The normalized spacial score (nSPS) is 18.2. The molecular weight excluding hydrogens is 228 g/mol. The number of carbonyl (C=O) groups excluding carboxylic acids is 1. The summed E-state index contributed by atoms with van der Waals surface area (Å²) in [6.45, 7) is 7.07. The van der Waals surface area contributed by atoms with Crippen LogP contribution in [0.1, 0.15) is 59.3 Å². The molecule has 0 atom stereocenters. The molecule has 4 heteroatoms. The molecule has 0 spiro atoms. The van der Waals surface area contributed by atoms with E-state index in [-0.39, 0.29) is 6.09 Å². The quantitative estimate of drug-likeness (QED) is 0.600. The molecule has 0 bridgehead atoms. The summed E-state index contributed by atoms with van der Waals surface area (Å²) < 4.78 is 5.17. The van der Waals surface area contributed by atoms with Gasteiger partial charge in [-0.3, -0.25) is 0 Å². The van der Waals surface area contributed by atoms with E-state index in [1.807, 2.05) is 20.8 Å². The maximum atomic E-state index is 11.4. The average Bonchev–Trinajstić information content (AvgIpc) is 2.50. The van der Waals surface area contributed by atoms with Gasteiger partial charge in [-0.15, -0.1) is 0 Å². The highest BCUT2D eigenvalue weighted by molar-refractivity contribution is 5.67. The van der Waals surface area contributed by atoms with E-state index in [4.69, 9.17) is 4.74 Å². The van der Waals surface area contributed by atoms with Gasteiger partial charge in [0.25, 0.3) is 0 Å². The third-order valence-electron chi connectivity index (χ3n) is 3.08. The van der Waals surface area contributed by atoms with Crippen LogP contribution in [-0.2, 0) is 4.74 Å². The van der Waals surface area contributed by atoms with E-state index in [9.17, 15) is 4.79 Å². The van der Waals surface area contributed by atoms with Crippen LogP contribution in [0, 0.1) is 0 Å². The summed E-state index contributed by atoms with van der Waals surface area (Å²) in [6.07, 6.45) is 7.61. The van der Waals surface area contributed by atoms with Crippen LogP contribution < -0.4 is 10.6 Å². The number of rotatable bonds is 4. The van der Waals surface area contributed by atoms with Gasteiger partial charge in [-0.2, -0.15) is 0 Å². The van der Waals surface area contributed by atoms with Crippen molar-refractivity contribution in [1.29, 1.82) is 0 Å².